The molecular weight excluding hydrogens is 515 g/mol. The summed E-state index contributed by atoms with van der Waals surface area (Å²) in [7, 11) is 1.86. The molecule has 0 aliphatic carbocycles. The van der Waals surface area contributed by atoms with Gasteiger partial charge in [0.15, 0.2) is 5.96 Å². The largest absolute Gasteiger partial charge is 0.370 e. The van der Waals surface area contributed by atoms with Gasteiger partial charge in [0.2, 0.25) is 0 Å². The Labute approximate surface area is 209 Å². The van der Waals surface area contributed by atoms with Crippen molar-refractivity contribution in [2.24, 2.45) is 4.99 Å². The van der Waals surface area contributed by atoms with E-state index in [-0.39, 0.29) is 30.1 Å². The molecule has 7 nitrogen and oxygen atoms in total. The molecule has 0 amide bonds. The molecule has 0 radical (unpaired) electrons. The number of morpholine rings is 1. The molecule has 1 saturated heterocycles. The fraction of sp³-hybridized carbons (Fsp3) is 0.625. The van der Waals surface area contributed by atoms with Gasteiger partial charge in [-0.05, 0) is 44.2 Å². The van der Waals surface area contributed by atoms with Crippen LogP contribution in [0.2, 0.25) is 0 Å². The summed E-state index contributed by atoms with van der Waals surface area (Å²) < 4.78 is 8.45. The molecule has 2 aromatic rings. The van der Waals surface area contributed by atoms with Crippen molar-refractivity contribution in [3.8, 4) is 0 Å². The monoisotopic (exact) mass is 552 g/mol. The second-order valence-corrected chi connectivity index (χ2v) is 8.74. The van der Waals surface area contributed by atoms with Crippen LogP contribution in [0.4, 0.5) is 0 Å². The molecule has 3 heterocycles. The maximum Gasteiger partial charge on any atom is 0.193 e. The summed E-state index contributed by atoms with van der Waals surface area (Å²) in [4.78, 5) is 6.85. The first-order chi connectivity index (χ1) is 15.2. The van der Waals surface area contributed by atoms with Crippen molar-refractivity contribution in [3.05, 3.63) is 46.5 Å². The Balaban J connectivity index is 0.00000289. The molecule has 1 aromatic carbocycles. The molecule has 4 rings (SSSR count). The molecular formula is C24H37IN6O. The lowest BCUT2D eigenvalue weighted by Gasteiger charge is -2.35. The van der Waals surface area contributed by atoms with Gasteiger partial charge < -0.3 is 19.5 Å². The van der Waals surface area contributed by atoms with Gasteiger partial charge in [-0.2, -0.15) is 0 Å². The van der Waals surface area contributed by atoms with E-state index in [1.807, 2.05) is 7.05 Å². The number of ether oxygens (including phenoxy) is 1. The van der Waals surface area contributed by atoms with Crippen molar-refractivity contribution in [2.45, 2.75) is 65.0 Å². The van der Waals surface area contributed by atoms with E-state index in [9.17, 15) is 0 Å². The SMILES string of the molecule is CN=C(NCCCc1nnc2n1CCCCC2)N1CCOC(c2ccc(C)cc2C)C1.I. The van der Waals surface area contributed by atoms with Crippen LogP contribution in [0.15, 0.2) is 23.2 Å². The lowest BCUT2D eigenvalue weighted by molar-refractivity contribution is -0.00831. The smallest absolute Gasteiger partial charge is 0.193 e. The average Bonchev–Trinajstić information content (AvgIpc) is 3.00. The molecule has 1 aromatic heterocycles. The Bertz CT molecular complexity index is 912. The summed E-state index contributed by atoms with van der Waals surface area (Å²) in [6.45, 7) is 8.64. The minimum Gasteiger partial charge on any atom is -0.370 e. The quantitative estimate of drug-likeness (QED) is 0.265. The minimum atomic E-state index is 0. The van der Waals surface area contributed by atoms with Crippen molar-refractivity contribution in [1.29, 1.82) is 0 Å². The summed E-state index contributed by atoms with van der Waals surface area (Å²) >= 11 is 0. The van der Waals surface area contributed by atoms with Crippen LogP contribution in [0.3, 0.4) is 0 Å². The molecule has 32 heavy (non-hydrogen) atoms. The predicted octanol–water partition coefficient (Wildman–Crippen LogP) is 3.82. The molecule has 2 aliphatic heterocycles. The van der Waals surface area contributed by atoms with Crippen molar-refractivity contribution in [2.75, 3.05) is 33.3 Å². The maximum atomic E-state index is 6.10. The van der Waals surface area contributed by atoms with Crippen molar-refractivity contribution >= 4 is 29.9 Å². The highest BCUT2D eigenvalue weighted by Crippen LogP contribution is 2.26. The van der Waals surface area contributed by atoms with Crippen LogP contribution in [0, 0.1) is 13.8 Å². The molecule has 0 spiro atoms. The van der Waals surface area contributed by atoms with Gasteiger partial charge >= 0.3 is 0 Å². The second kappa shape index (κ2) is 12.0. The third kappa shape index (κ3) is 6.01. The summed E-state index contributed by atoms with van der Waals surface area (Å²) in [6.07, 6.45) is 6.88. The number of hydrogen-bond donors (Lipinski definition) is 1. The molecule has 8 heteroatoms. The third-order valence-electron chi connectivity index (χ3n) is 6.40. The normalized spacial score (nSPS) is 19.2. The summed E-state index contributed by atoms with van der Waals surface area (Å²) in [5.41, 5.74) is 3.86. The van der Waals surface area contributed by atoms with Crippen LogP contribution >= 0.6 is 24.0 Å². The molecule has 1 N–H and O–H groups in total. The van der Waals surface area contributed by atoms with Crippen LogP contribution in [-0.4, -0.2) is 58.9 Å². The fourth-order valence-electron chi connectivity index (χ4n) is 4.73. The molecule has 2 aliphatic rings. The number of benzene rings is 1. The van der Waals surface area contributed by atoms with Gasteiger partial charge in [0, 0.05) is 39.5 Å². The molecule has 176 valence electrons. The number of aryl methyl sites for hydroxylation is 4. The predicted molar refractivity (Wildman–Crippen MR) is 139 cm³/mol. The highest BCUT2D eigenvalue weighted by atomic mass is 127. The molecule has 0 saturated carbocycles. The first-order valence-electron chi connectivity index (χ1n) is 11.7. The highest BCUT2D eigenvalue weighted by molar-refractivity contribution is 14.0. The number of nitrogens with zero attached hydrogens (tertiary/aromatic N) is 5. The number of aromatic nitrogens is 3. The van der Waals surface area contributed by atoms with Crippen molar-refractivity contribution < 1.29 is 4.74 Å². The third-order valence-corrected chi connectivity index (χ3v) is 6.40. The molecule has 1 unspecified atom stereocenters. The Morgan fingerprint density at radius 3 is 2.88 bits per heavy atom. The minimum absolute atomic E-state index is 0. The lowest BCUT2D eigenvalue weighted by atomic mass is 10.00. The second-order valence-electron chi connectivity index (χ2n) is 8.74. The standard InChI is InChI=1S/C24H36N6O.HI/c1-18-10-11-20(19(2)16-18)21-17-29(14-15-31-21)24(25-3)26-12-7-9-23-28-27-22-8-5-4-6-13-30(22)23;/h10-11,16,21H,4-9,12-15,17H2,1-3H3,(H,25,26);1H. The van der Waals surface area contributed by atoms with Crippen molar-refractivity contribution in [3.63, 3.8) is 0 Å². The number of fused-ring (bicyclic) bond motifs is 1. The first-order valence-corrected chi connectivity index (χ1v) is 11.7. The van der Waals surface area contributed by atoms with Crippen LogP contribution in [0.25, 0.3) is 0 Å². The zero-order valence-electron chi connectivity index (χ0n) is 19.6. The van der Waals surface area contributed by atoms with Gasteiger partial charge in [-0.1, -0.05) is 30.2 Å². The van der Waals surface area contributed by atoms with Gasteiger partial charge in [-0.15, -0.1) is 34.2 Å². The van der Waals surface area contributed by atoms with Gasteiger partial charge in [-0.25, -0.2) is 0 Å². The zero-order chi connectivity index (χ0) is 21.6. The molecule has 0 bridgehead atoms. The van der Waals surface area contributed by atoms with Crippen LogP contribution in [0.5, 0.6) is 0 Å². The number of halogens is 1. The van der Waals surface area contributed by atoms with Gasteiger partial charge in [-0.3, -0.25) is 4.99 Å². The van der Waals surface area contributed by atoms with Crippen LogP contribution < -0.4 is 5.32 Å². The first kappa shape index (κ1) is 25.0. The molecule has 1 fully saturated rings. The summed E-state index contributed by atoms with van der Waals surface area (Å²) in [5, 5.41) is 12.4. The van der Waals surface area contributed by atoms with E-state index in [1.165, 1.54) is 41.8 Å². The van der Waals surface area contributed by atoms with E-state index in [1.54, 1.807) is 0 Å². The highest BCUT2D eigenvalue weighted by Gasteiger charge is 2.25. The Morgan fingerprint density at radius 1 is 1.19 bits per heavy atom. The van der Waals surface area contributed by atoms with Crippen LogP contribution in [0.1, 0.15) is 60.1 Å². The van der Waals surface area contributed by atoms with Gasteiger partial charge in [0.05, 0.1) is 13.2 Å². The topological polar surface area (TPSA) is 67.6 Å². The summed E-state index contributed by atoms with van der Waals surface area (Å²) in [6, 6.07) is 6.61. The zero-order valence-corrected chi connectivity index (χ0v) is 22.0. The summed E-state index contributed by atoms with van der Waals surface area (Å²) in [5.74, 6) is 3.26. The van der Waals surface area contributed by atoms with Crippen molar-refractivity contribution in [1.82, 2.24) is 25.0 Å². The van der Waals surface area contributed by atoms with E-state index in [4.69, 9.17) is 4.74 Å². The van der Waals surface area contributed by atoms with E-state index in [0.717, 1.165) is 57.2 Å². The number of guanidine groups is 1. The number of hydrogen-bond acceptors (Lipinski definition) is 4. The van der Waals surface area contributed by atoms with E-state index in [2.05, 4.69) is 62.0 Å². The Kier molecular flexibility index (Phi) is 9.34. The van der Waals surface area contributed by atoms with E-state index >= 15 is 0 Å². The Hall–Kier alpha value is -1.68. The number of nitrogens with one attached hydrogen (secondary N) is 1. The maximum absolute atomic E-state index is 6.10. The van der Waals surface area contributed by atoms with E-state index in [0.29, 0.717) is 6.61 Å². The number of aliphatic imine (C=N–C) groups is 1. The number of rotatable bonds is 5. The average molecular weight is 553 g/mol. The van der Waals surface area contributed by atoms with Gasteiger partial charge in [0.25, 0.3) is 0 Å². The lowest BCUT2D eigenvalue weighted by Crippen LogP contribution is -2.48. The van der Waals surface area contributed by atoms with Crippen LogP contribution in [-0.2, 0) is 24.1 Å². The van der Waals surface area contributed by atoms with E-state index < -0.39 is 0 Å². The molecule has 1 atom stereocenters. The Morgan fingerprint density at radius 2 is 2.06 bits per heavy atom. The fourth-order valence-corrected chi connectivity index (χ4v) is 4.73. The van der Waals surface area contributed by atoms with Gasteiger partial charge in [0.1, 0.15) is 17.8 Å².